The third kappa shape index (κ3) is 11.2. The van der Waals surface area contributed by atoms with Gasteiger partial charge in [-0.25, -0.2) is 9.97 Å². The first-order valence-electron chi connectivity index (χ1n) is 28.9. The van der Waals surface area contributed by atoms with Gasteiger partial charge in [0.2, 0.25) is 0 Å². The van der Waals surface area contributed by atoms with Crippen LogP contribution in [0.1, 0.15) is 166 Å². The zero-order valence-electron chi connectivity index (χ0n) is 50.0. The minimum atomic E-state index is -0.507. The van der Waals surface area contributed by atoms with Crippen LogP contribution >= 0.6 is 0 Å². The van der Waals surface area contributed by atoms with E-state index >= 15 is 0 Å². The van der Waals surface area contributed by atoms with Crippen molar-refractivity contribution in [3.63, 3.8) is 0 Å². The van der Waals surface area contributed by atoms with Crippen molar-refractivity contribution in [3.05, 3.63) is 227 Å². The van der Waals surface area contributed by atoms with Crippen molar-refractivity contribution >= 4 is 28.1 Å². The van der Waals surface area contributed by atoms with Gasteiger partial charge in [-0.3, -0.25) is 4.98 Å². The molecule has 0 spiro atoms. The van der Waals surface area contributed by atoms with Crippen molar-refractivity contribution in [2.45, 2.75) is 138 Å². The van der Waals surface area contributed by atoms with Crippen LogP contribution in [-0.4, -0.2) is 19.5 Å². The number of hydrogen-bond acceptors (Lipinski definition) is 5. The molecule has 11 rings (SSSR count). The average Bonchev–Trinajstić information content (AvgIpc) is 2.57. The molecular weight excluding hydrogens is 1180 g/mol. The first-order valence-corrected chi connectivity index (χ1v) is 28.9. The van der Waals surface area contributed by atoms with Gasteiger partial charge in [-0.05, 0) is 92.2 Å². The molecule has 0 radical (unpaired) electrons. The van der Waals surface area contributed by atoms with E-state index < -0.39 is 6.17 Å². The molecule has 0 fully saturated rings. The van der Waals surface area contributed by atoms with Crippen LogP contribution in [0.15, 0.2) is 170 Å². The van der Waals surface area contributed by atoms with Gasteiger partial charge in [0.1, 0.15) is 0 Å². The molecule has 1 aliphatic rings. The first-order chi connectivity index (χ1) is 38.7. The summed E-state index contributed by atoms with van der Waals surface area (Å²) in [6.07, 6.45) is -0.507. The molecule has 1 atom stereocenters. The molecule has 8 aromatic carbocycles. The molecule has 2 aromatic heterocycles. The van der Waals surface area contributed by atoms with Crippen molar-refractivity contribution in [1.29, 1.82) is 0 Å². The van der Waals surface area contributed by atoms with E-state index in [1.807, 2.05) is 18.2 Å². The van der Waals surface area contributed by atoms with Gasteiger partial charge in [0.15, 0.2) is 5.82 Å². The number of nitrogens with zero attached hydrogens (tertiary/aromatic N) is 6. The quantitative estimate of drug-likeness (QED) is 0.108. The molecule has 10 aromatic rings. The van der Waals surface area contributed by atoms with Crippen molar-refractivity contribution in [1.82, 2.24) is 19.5 Å². The van der Waals surface area contributed by atoms with E-state index in [4.69, 9.17) is 25.0 Å². The van der Waals surface area contributed by atoms with Crippen molar-refractivity contribution in [2.75, 3.05) is 4.90 Å². The fraction of sp³-hybridized carbons (Fsp3) is 0.284. The number of hydrogen-bond donors (Lipinski definition) is 0. The Morgan fingerprint density at radius 2 is 1.11 bits per heavy atom. The Morgan fingerprint density at radius 1 is 0.512 bits per heavy atom. The van der Waals surface area contributed by atoms with Crippen molar-refractivity contribution in [2.24, 2.45) is 0 Å². The van der Waals surface area contributed by atoms with Crippen LogP contribution in [0.5, 0.6) is 11.5 Å². The van der Waals surface area contributed by atoms with Crippen LogP contribution in [0.4, 0.5) is 17.1 Å². The maximum absolute atomic E-state index is 7.37. The Bertz CT molecular complexity index is 3880. The fourth-order valence-corrected chi connectivity index (χ4v) is 11.4. The maximum Gasteiger partial charge on any atom is 0.159 e. The van der Waals surface area contributed by atoms with Crippen LogP contribution in [0.2, 0.25) is 0 Å². The van der Waals surface area contributed by atoms with E-state index in [-0.39, 0.29) is 55.6 Å². The van der Waals surface area contributed by atoms with Gasteiger partial charge in [0, 0.05) is 49.5 Å². The third-order valence-electron chi connectivity index (χ3n) is 15.6. The molecule has 0 aliphatic carbocycles. The van der Waals surface area contributed by atoms with Crippen LogP contribution in [-0.2, 0) is 31.9 Å². The fourth-order valence-electron chi connectivity index (χ4n) is 11.4. The summed E-state index contributed by atoms with van der Waals surface area (Å²) in [7, 11) is 0. The number of imidazole rings is 1. The number of fused-ring (bicyclic) bond motifs is 2. The molecule has 1 aliphatic heterocycles. The van der Waals surface area contributed by atoms with Gasteiger partial charge in [-0.2, -0.15) is 11.6 Å². The molecule has 0 saturated heterocycles. The topological polar surface area (TPSA) is 70.2 Å². The summed E-state index contributed by atoms with van der Waals surface area (Å²) in [4.78, 5) is 18.7. The number of rotatable bonds is 13. The van der Waals surface area contributed by atoms with Crippen LogP contribution < -0.4 is 9.64 Å². The zero-order chi connectivity index (χ0) is 57.1. The van der Waals surface area contributed by atoms with E-state index in [2.05, 4.69) is 270 Å². The van der Waals surface area contributed by atoms with Gasteiger partial charge in [0.25, 0.3) is 0 Å². The van der Waals surface area contributed by atoms with E-state index in [0.29, 0.717) is 11.5 Å². The second-order valence-corrected chi connectivity index (χ2v) is 25.1. The van der Waals surface area contributed by atoms with E-state index in [0.717, 1.165) is 90.2 Å². The predicted molar refractivity (Wildman–Crippen MR) is 337 cm³/mol. The molecule has 1 unspecified atom stereocenters. The molecule has 8 heteroatoms. The minimum absolute atomic E-state index is 0. The predicted octanol–water partition coefficient (Wildman–Crippen LogP) is 20.8. The number of para-hydroxylation sites is 5. The van der Waals surface area contributed by atoms with E-state index in [1.54, 1.807) is 0 Å². The van der Waals surface area contributed by atoms with Crippen LogP contribution in [0, 0.1) is 12.1 Å². The van der Waals surface area contributed by atoms with E-state index in [1.165, 1.54) is 27.8 Å². The van der Waals surface area contributed by atoms with Crippen LogP contribution in [0.3, 0.4) is 0 Å². The molecule has 82 heavy (non-hydrogen) atoms. The molecule has 420 valence electrons. The summed E-state index contributed by atoms with van der Waals surface area (Å²) in [6.45, 7) is 31.7. The van der Waals surface area contributed by atoms with Gasteiger partial charge in [0.05, 0.1) is 33.9 Å². The summed E-state index contributed by atoms with van der Waals surface area (Å²) in [5, 5.41) is 5.56. The molecular formula is C74H75N6OPt-3. The SMILES string of the molecule is CC(C)c1cccc(C(C)C)c1-n1c(-c2[c-]c(Oc3[c-]c(C4[N-]c5ccccc5N4c4c(C(C)C)nc(-c5ccccc5)nc4C(C)C)cc(C(C)(C)C)c3)cc(-c3ccc(-c4ccccc4)cc3C(C)(C)C)c2)nc2ccccc21.[Pt]. The second-order valence-electron chi connectivity index (χ2n) is 25.1. The number of anilines is 2. The Hall–Kier alpha value is -7.60. The maximum atomic E-state index is 7.37. The number of ether oxygens (including phenoxy) is 1. The Morgan fingerprint density at radius 3 is 1.73 bits per heavy atom. The molecule has 0 amide bonds. The summed E-state index contributed by atoms with van der Waals surface area (Å²) < 4.78 is 9.76. The van der Waals surface area contributed by atoms with Gasteiger partial charge in [-0.15, -0.1) is 35.0 Å². The molecule has 0 bridgehead atoms. The Balaban J connectivity index is 0.00000753. The first kappa shape index (κ1) is 57.6. The largest absolute Gasteiger partial charge is 0.661 e. The smallest absolute Gasteiger partial charge is 0.159 e. The number of benzene rings is 8. The second kappa shape index (κ2) is 23.0. The van der Waals surface area contributed by atoms with E-state index in [9.17, 15) is 0 Å². The summed E-state index contributed by atoms with van der Waals surface area (Å²) >= 11 is 0. The summed E-state index contributed by atoms with van der Waals surface area (Å²) in [5.74, 6) is 3.32. The van der Waals surface area contributed by atoms with Crippen molar-refractivity contribution in [3.8, 4) is 62.2 Å². The van der Waals surface area contributed by atoms with Crippen molar-refractivity contribution < 1.29 is 25.8 Å². The van der Waals surface area contributed by atoms with Gasteiger partial charge >= 0.3 is 0 Å². The number of aromatic nitrogens is 4. The average molecular weight is 1260 g/mol. The zero-order valence-corrected chi connectivity index (χ0v) is 52.2. The van der Waals surface area contributed by atoms with Gasteiger partial charge < -0.3 is 19.5 Å². The Kier molecular flexibility index (Phi) is 16.1. The monoisotopic (exact) mass is 1260 g/mol. The standard InChI is InChI=1S/C74H75N6O.Pt/c1-45(2)58-30-25-31-59(46(3)4)68(58)79-64-34-23-21-32-62(64)75-71(79)53-38-52(60-37-36-51(43-61(60)74(12,13)14)49-26-17-15-18-27-49)40-56(41-53)81-57-42-54(39-55(44-57)73(9,10)11)72-76-63-33-22-24-35-65(63)80(72)69-66(47(5)6)77-70(78-67(69)48(7)8)50-28-19-16-20-29-50;/h15-40,43-48,72H,1-14H3;/q-3;. The van der Waals surface area contributed by atoms with Gasteiger partial charge in [-0.1, -0.05) is 242 Å². The minimum Gasteiger partial charge on any atom is -0.661 e. The Labute approximate surface area is 501 Å². The molecule has 0 saturated carbocycles. The summed E-state index contributed by atoms with van der Waals surface area (Å²) in [5.41, 5.74) is 19.5. The van der Waals surface area contributed by atoms with Crippen LogP contribution in [0.25, 0.3) is 67.1 Å². The molecule has 7 nitrogen and oxygen atoms in total. The summed E-state index contributed by atoms with van der Waals surface area (Å²) in [6, 6.07) is 68.1. The third-order valence-corrected chi connectivity index (χ3v) is 15.6. The normalized spacial score (nSPS) is 13.5. The molecule has 0 N–H and O–H groups in total. The molecule has 3 heterocycles.